The van der Waals surface area contributed by atoms with E-state index >= 15 is 0 Å². The van der Waals surface area contributed by atoms with E-state index in [1.54, 1.807) is 0 Å². The van der Waals surface area contributed by atoms with Gasteiger partial charge in [0.15, 0.2) is 0 Å². The molecule has 11 heteroatoms. The van der Waals surface area contributed by atoms with Gasteiger partial charge in [0.2, 0.25) is 0 Å². The van der Waals surface area contributed by atoms with Gasteiger partial charge in [-0.15, -0.1) is 0 Å². The first-order valence-electron chi connectivity index (χ1n) is 14.8. The van der Waals surface area contributed by atoms with Crippen LogP contribution >= 0.6 is 24.7 Å². The average molecular weight is 683 g/mol. The van der Waals surface area contributed by atoms with E-state index < -0.39 is 24.7 Å². The van der Waals surface area contributed by atoms with Crippen LogP contribution in [0.4, 0.5) is 0 Å². The van der Waals surface area contributed by atoms with Crippen LogP contribution in [0.5, 0.6) is 34.5 Å². The predicted octanol–water partition coefficient (Wildman–Crippen LogP) is 10.9. The summed E-state index contributed by atoms with van der Waals surface area (Å²) in [5.41, 5.74) is 0. The third-order valence-electron chi connectivity index (χ3n) is 6.23. The van der Waals surface area contributed by atoms with E-state index in [9.17, 15) is 0 Å². The summed E-state index contributed by atoms with van der Waals surface area (Å²) >= 11 is 0. The van der Waals surface area contributed by atoms with Crippen LogP contribution < -0.4 is 32.0 Å². The van der Waals surface area contributed by atoms with E-state index in [2.05, 4.69) is 4.86 Å². The summed E-state index contributed by atoms with van der Waals surface area (Å²) in [6.45, 7) is 0. The maximum atomic E-state index is 6.78. The Morgan fingerprint density at radius 2 is 0.702 bits per heavy atom. The second kappa shape index (κ2) is 16.6. The van der Waals surface area contributed by atoms with E-state index in [4.69, 9.17) is 31.7 Å². The Hall–Kier alpha value is -4.83. The Kier molecular flexibility index (Phi) is 11.4. The number of nitrogens with zero attached hydrogens (tertiary/aromatic N) is 1. The quantitative estimate of drug-likeness (QED) is 0.108. The molecule has 0 atom stereocenters. The molecule has 0 heterocycles. The van der Waals surface area contributed by atoms with Crippen molar-refractivity contribution in [3.05, 3.63) is 182 Å². The Balaban J connectivity index is 1.48. The second-order valence-corrected chi connectivity index (χ2v) is 15.0. The van der Waals surface area contributed by atoms with Crippen LogP contribution in [0.1, 0.15) is 0 Å². The molecule has 6 aromatic rings. The van der Waals surface area contributed by atoms with Crippen molar-refractivity contribution >= 4 is 24.7 Å². The summed E-state index contributed by atoms with van der Waals surface area (Å²) < 4.78 is 44.5. The molecular formula is C36H33N2O6P3. The molecule has 0 aliphatic rings. The zero-order valence-corrected chi connectivity index (χ0v) is 28.1. The van der Waals surface area contributed by atoms with Crippen molar-refractivity contribution in [1.82, 2.24) is 4.86 Å². The average Bonchev–Trinajstić information content (AvgIpc) is 3.11. The summed E-state index contributed by atoms with van der Waals surface area (Å²) in [6, 6.07) is 56.4. The number of nitrogens with one attached hydrogen (secondary N) is 1. The molecule has 6 rings (SSSR count). The Bertz CT molecular complexity index is 1680. The van der Waals surface area contributed by atoms with Gasteiger partial charge in [-0.05, 0) is 0 Å². The standard InChI is InChI=1S/C36H33N2O6P3/c1-7-19-31(20-8-1)39-45(40-32-21-9-2-10-22-32)37-47(43-35-27-15-5-16-28-35,44-36-29-17-6-18-30-36)38-46(41-33-23-11-3-12-24-33)42-34-25-13-4-14-26-34/h1-30,37,46-47H. The number of para-hydroxylation sites is 6. The summed E-state index contributed by atoms with van der Waals surface area (Å²) in [5, 5.41) is 0. The number of rotatable bonds is 15. The monoisotopic (exact) mass is 682 g/mol. The van der Waals surface area contributed by atoms with Crippen molar-refractivity contribution in [2.45, 2.75) is 0 Å². The van der Waals surface area contributed by atoms with Gasteiger partial charge in [0.25, 0.3) is 0 Å². The van der Waals surface area contributed by atoms with Crippen molar-refractivity contribution in [3.63, 3.8) is 0 Å². The van der Waals surface area contributed by atoms with Crippen LogP contribution in [0, 0.1) is 0 Å². The van der Waals surface area contributed by atoms with Gasteiger partial charge in [0, 0.05) is 0 Å². The zero-order valence-electron chi connectivity index (χ0n) is 25.2. The van der Waals surface area contributed by atoms with E-state index in [1.165, 1.54) is 0 Å². The second-order valence-electron chi connectivity index (χ2n) is 9.80. The first-order chi connectivity index (χ1) is 23.2. The van der Waals surface area contributed by atoms with Gasteiger partial charge in [-0.1, -0.05) is 0 Å². The first-order valence-corrected chi connectivity index (χ1v) is 19.0. The van der Waals surface area contributed by atoms with Crippen LogP contribution in [-0.4, -0.2) is 0 Å². The van der Waals surface area contributed by atoms with E-state index in [0.717, 1.165) is 0 Å². The number of hydrogen-bond acceptors (Lipinski definition) is 8. The third-order valence-corrected chi connectivity index (χ3v) is 12.6. The summed E-state index contributed by atoms with van der Waals surface area (Å²) in [6.07, 6.45) is 0. The van der Waals surface area contributed by atoms with E-state index in [1.807, 2.05) is 182 Å². The minimum absolute atomic E-state index is 0.529. The van der Waals surface area contributed by atoms with Gasteiger partial charge >= 0.3 is 278 Å². The molecular weight excluding hydrogens is 649 g/mol. The Labute approximate surface area is 277 Å². The fourth-order valence-corrected chi connectivity index (χ4v) is 10.5. The molecule has 6 aromatic carbocycles. The minimum atomic E-state index is -4.07. The van der Waals surface area contributed by atoms with E-state index in [0.29, 0.717) is 34.5 Å². The van der Waals surface area contributed by atoms with Gasteiger partial charge in [0.1, 0.15) is 0 Å². The van der Waals surface area contributed by atoms with E-state index in [-0.39, 0.29) is 0 Å². The molecule has 47 heavy (non-hydrogen) atoms. The van der Waals surface area contributed by atoms with Crippen molar-refractivity contribution in [1.29, 1.82) is 0 Å². The summed E-state index contributed by atoms with van der Waals surface area (Å²) in [5.74, 6) is 3.42. The summed E-state index contributed by atoms with van der Waals surface area (Å²) in [7, 11) is -8.60. The molecule has 0 unspecified atom stereocenters. The molecule has 0 spiro atoms. The normalized spacial score (nSPS) is 11.4. The number of hydrogen-bond donors (Lipinski definition) is 1. The van der Waals surface area contributed by atoms with Crippen molar-refractivity contribution in [2.75, 3.05) is 0 Å². The molecule has 0 aliphatic carbocycles. The SMILES string of the molecule is c1ccc(OP(N[PH](N=[PH](Oc2ccccc2)Oc2ccccc2)(Oc2ccccc2)Oc2ccccc2)Oc2ccccc2)cc1. The van der Waals surface area contributed by atoms with Crippen molar-refractivity contribution in [2.24, 2.45) is 4.52 Å². The van der Waals surface area contributed by atoms with Crippen molar-refractivity contribution in [3.8, 4) is 34.5 Å². The number of benzene rings is 6. The molecule has 0 aliphatic heterocycles. The molecule has 0 fully saturated rings. The molecule has 0 amide bonds. The molecule has 238 valence electrons. The van der Waals surface area contributed by atoms with Gasteiger partial charge < -0.3 is 0 Å². The van der Waals surface area contributed by atoms with Crippen molar-refractivity contribution < 1.29 is 27.1 Å². The molecule has 1 N–H and O–H groups in total. The van der Waals surface area contributed by atoms with Crippen LogP contribution in [0.15, 0.2) is 187 Å². The first kappa shape index (κ1) is 32.1. The zero-order chi connectivity index (χ0) is 32.0. The maximum absolute atomic E-state index is 6.78. The van der Waals surface area contributed by atoms with Gasteiger partial charge in [-0.2, -0.15) is 0 Å². The molecule has 0 saturated heterocycles. The van der Waals surface area contributed by atoms with Gasteiger partial charge in [-0.25, -0.2) is 0 Å². The van der Waals surface area contributed by atoms with Crippen LogP contribution in [-0.2, 0) is 0 Å². The van der Waals surface area contributed by atoms with Crippen LogP contribution in [0.25, 0.3) is 0 Å². The predicted molar refractivity (Wildman–Crippen MR) is 192 cm³/mol. The fraction of sp³-hybridized carbons (Fsp3) is 0. The van der Waals surface area contributed by atoms with Gasteiger partial charge in [0.05, 0.1) is 0 Å². The molecule has 0 aromatic heterocycles. The fourth-order valence-electron chi connectivity index (χ4n) is 4.13. The van der Waals surface area contributed by atoms with Crippen LogP contribution in [0.2, 0.25) is 0 Å². The molecule has 0 saturated carbocycles. The summed E-state index contributed by atoms with van der Waals surface area (Å²) in [4.78, 5) is 3.48. The topological polar surface area (TPSA) is 79.8 Å². The third kappa shape index (κ3) is 10.1. The Morgan fingerprint density at radius 3 is 1.04 bits per heavy atom. The van der Waals surface area contributed by atoms with Gasteiger partial charge in [-0.3, -0.25) is 0 Å². The molecule has 8 nitrogen and oxygen atoms in total. The van der Waals surface area contributed by atoms with Crippen LogP contribution in [0.3, 0.4) is 0 Å². The Morgan fingerprint density at radius 1 is 0.404 bits per heavy atom. The molecule has 0 bridgehead atoms. The molecule has 0 radical (unpaired) electrons.